The minimum atomic E-state index is 0.521. The van der Waals surface area contributed by atoms with Crippen LogP contribution in [0.1, 0.15) is 17.5 Å². The molecule has 0 saturated heterocycles. The molecule has 0 aliphatic carbocycles. The molecule has 8 aromatic rings. The van der Waals surface area contributed by atoms with Crippen LogP contribution < -0.4 is 0 Å². The molecule has 10 nitrogen and oxygen atoms in total. The van der Waals surface area contributed by atoms with Gasteiger partial charge in [0.2, 0.25) is 0 Å². The molecule has 0 radical (unpaired) electrons. The molecule has 4 aromatic heterocycles. The number of aromatic nitrogens is 10. The Labute approximate surface area is 294 Å². The van der Waals surface area contributed by atoms with Crippen LogP contribution in [0, 0.1) is 20.8 Å². The monoisotopic (exact) mass is 662 g/mol. The van der Waals surface area contributed by atoms with Crippen LogP contribution in [-0.2, 0) is 0 Å². The van der Waals surface area contributed by atoms with E-state index in [4.69, 9.17) is 29.9 Å². The fraction of sp³-hybridized carbons (Fsp3) is 0.0732. The molecule has 0 atom stereocenters. The van der Waals surface area contributed by atoms with E-state index in [1.165, 1.54) is 0 Å². The van der Waals surface area contributed by atoms with Crippen LogP contribution in [0.3, 0.4) is 0 Å². The summed E-state index contributed by atoms with van der Waals surface area (Å²) in [5, 5.41) is 0. The highest BCUT2D eigenvalue weighted by molar-refractivity contribution is 5.79. The van der Waals surface area contributed by atoms with E-state index in [1.807, 2.05) is 124 Å². The van der Waals surface area contributed by atoms with E-state index in [0.29, 0.717) is 52.4 Å². The van der Waals surface area contributed by atoms with Gasteiger partial charge in [0, 0.05) is 45.8 Å². The number of benzene rings is 4. The number of pyridine rings is 1. The van der Waals surface area contributed by atoms with Crippen LogP contribution in [0.25, 0.3) is 79.5 Å². The second-order valence-corrected chi connectivity index (χ2v) is 11.9. The Balaban J connectivity index is 1.29. The molecule has 0 unspecified atom stereocenters. The Bertz CT molecular complexity index is 2430. The molecule has 0 aliphatic rings. The summed E-state index contributed by atoms with van der Waals surface area (Å²) in [6.07, 6.45) is 3.55. The maximum atomic E-state index is 5.00. The van der Waals surface area contributed by atoms with Crippen molar-refractivity contribution in [1.82, 2.24) is 49.8 Å². The Kier molecular flexibility index (Phi) is 8.31. The van der Waals surface area contributed by atoms with E-state index in [1.54, 1.807) is 12.4 Å². The first-order valence-electron chi connectivity index (χ1n) is 16.4. The van der Waals surface area contributed by atoms with Crippen molar-refractivity contribution in [3.63, 3.8) is 0 Å². The quantitative estimate of drug-likeness (QED) is 0.165. The summed E-state index contributed by atoms with van der Waals surface area (Å²) in [6, 6.07) is 37.9. The van der Waals surface area contributed by atoms with Gasteiger partial charge in [0.05, 0.1) is 0 Å². The predicted molar refractivity (Wildman–Crippen MR) is 197 cm³/mol. The third kappa shape index (κ3) is 6.83. The van der Waals surface area contributed by atoms with Gasteiger partial charge < -0.3 is 0 Å². The highest BCUT2D eigenvalue weighted by Gasteiger charge is 2.17. The molecule has 0 N–H and O–H groups in total. The van der Waals surface area contributed by atoms with Crippen LogP contribution in [0.5, 0.6) is 0 Å². The maximum Gasteiger partial charge on any atom is 0.164 e. The van der Waals surface area contributed by atoms with Crippen LogP contribution in [0.4, 0.5) is 0 Å². The van der Waals surface area contributed by atoms with Crippen LogP contribution in [0.15, 0.2) is 128 Å². The molecule has 10 heteroatoms. The average Bonchev–Trinajstić information content (AvgIpc) is 3.18. The van der Waals surface area contributed by atoms with Crippen molar-refractivity contribution in [2.24, 2.45) is 0 Å². The van der Waals surface area contributed by atoms with Gasteiger partial charge in [-0.15, -0.1) is 0 Å². The van der Waals surface area contributed by atoms with E-state index < -0.39 is 0 Å². The molecule has 8 rings (SSSR count). The van der Waals surface area contributed by atoms with E-state index in [9.17, 15) is 0 Å². The van der Waals surface area contributed by atoms with Crippen molar-refractivity contribution >= 4 is 0 Å². The SMILES string of the molecule is Cc1nc(C)nc(-c2cccc(-c3nc(C)nc(-c4cc(-c5ccncc5)cc(-c5nc(-c6ccccc6)nc(-c6ccccc6)n5)c4)n3)c2)n1. The standard InChI is InChI=1S/C41H30N10/c1-25-43-26(2)45-38(44-25)31-15-10-16-32(21-31)39-46-27(3)47-40(51-39)34-22-33(28-17-19-42-20-18-28)23-35(24-34)41-49-36(29-11-6-4-7-12-29)48-37(50-41)30-13-8-5-9-14-30/h4-24H,1-3H3. The third-order valence-corrected chi connectivity index (χ3v) is 8.15. The number of aryl methyl sites for hydroxylation is 3. The van der Waals surface area contributed by atoms with E-state index in [-0.39, 0.29) is 0 Å². The molecular weight excluding hydrogens is 633 g/mol. The Hall–Kier alpha value is -6.94. The molecule has 4 heterocycles. The maximum absolute atomic E-state index is 5.00. The van der Waals surface area contributed by atoms with Crippen LogP contribution in [0.2, 0.25) is 0 Å². The second kappa shape index (κ2) is 13.5. The molecule has 0 amide bonds. The lowest BCUT2D eigenvalue weighted by Gasteiger charge is -2.12. The van der Waals surface area contributed by atoms with Gasteiger partial charge in [-0.05, 0) is 68.3 Å². The van der Waals surface area contributed by atoms with Crippen molar-refractivity contribution < 1.29 is 0 Å². The first-order chi connectivity index (χ1) is 24.9. The van der Waals surface area contributed by atoms with Gasteiger partial charge >= 0.3 is 0 Å². The zero-order valence-electron chi connectivity index (χ0n) is 28.1. The van der Waals surface area contributed by atoms with Crippen molar-refractivity contribution in [2.45, 2.75) is 20.8 Å². The number of rotatable bonds is 7. The number of hydrogen-bond donors (Lipinski definition) is 0. The largest absolute Gasteiger partial charge is 0.265 e. The van der Waals surface area contributed by atoms with Crippen molar-refractivity contribution in [2.75, 3.05) is 0 Å². The lowest BCUT2D eigenvalue weighted by Crippen LogP contribution is -2.02. The summed E-state index contributed by atoms with van der Waals surface area (Å²) in [6.45, 7) is 5.59. The van der Waals surface area contributed by atoms with Gasteiger partial charge in [-0.3, -0.25) is 4.98 Å². The molecule has 244 valence electrons. The topological polar surface area (TPSA) is 129 Å². The lowest BCUT2D eigenvalue weighted by atomic mass is 9.99. The van der Waals surface area contributed by atoms with Crippen molar-refractivity contribution in [3.8, 4) is 79.5 Å². The first-order valence-corrected chi connectivity index (χ1v) is 16.4. The summed E-state index contributed by atoms with van der Waals surface area (Å²) < 4.78 is 0. The highest BCUT2D eigenvalue weighted by atomic mass is 15.0. The zero-order valence-corrected chi connectivity index (χ0v) is 28.1. The van der Waals surface area contributed by atoms with Crippen molar-refractivity contribution in [1.29, 1.82) is 0 Å². The summed E-state index contributed by atoms with van der Waals surface area (Å²) in [5.74, 6) is 5.26. The van der Waals surface area contributed by atoms with Gasteiger partial charge in [0.25, 0.3) is 0 Å². The fourth-order valence-electron chi connectivity index (χ4n) is 5.82. The van der Waals surface area contributed by atoms with E-state index >= 15 is 0 Å². The fourth-order valence-corrected chi connectivity index (χ4v) is 5.82. The summed E-state index contributed by atoms with van der Waals surface area (Å²) in [7, 11) is 0. The first kappa shape index (κ1) is 31.3. The highest BCUT2D eigenvalue weighted by Crippen LogP contribution is 2.33. The third-order valence-electron chi connectivity index (χ3n) is 8.15. The molecule has 0 bridgehead atoms. The summed E-state index contributed by atoms with van der Waals surface area (Å²) >= 11 is 0. The van der Waals surface area contributed by atoms with Gasteiger partial charge in [-0.25, -0.2) is 44.9 Å². The Morgan fingerprint density at radius 2 is 0.627 bits per heavy atom. The number of hydrogen-bond acceptors (Lipinski definition) is 10. The van der Waals surface area contributed by atoms with Crippen LogP contribution in [-0.4, -0.2) is 49.8 Å². The smallest absolute Gasteiger partial charge is 0.164 e. The molecule has 51 heavy (non-hydrogen) atoms. The van der Waals surface area contributed by atoms with Crippen LogP contribution >= 0.6 is 0 Å². The van der Waals surface area contributed by atoms with Crippen molar-refractivity contribution in [3.05, 3.63) is 145 Å². The molecule has 0 aliphatic heterocycles. The molecule has 4 aromatic carbocycles. The summed E-state index contributed by atoms with van der Waals surface area (Å²) in [5.41, 5.74) is 6.95. The van der Waals surface area contributed by atoms with Gasteiger partial charge in [0.1, 0.15) is 17.5 Å². The lowest BCUT2D eigenvalue weighted by molar-refractivity contribution is 0.928. The van der Waals surface area contributed by atoms with E-state index in [0.717, 1.165) is 44.5 Å². The van der Waals surface area contributed by atoms with Gasteiger partial charge in [0.15, 0.2) is 34.9 Å². The minimum Gasteiger partial charge on any atom is -0.265 e. The minimum absolute atomic E-state index is 0.521. The average molecular weight is 663 g/mol. The molecule has 0 saturated carbocycles. The normalized spacial score (nSPS) is 11.0. The molecule has 0 fully saturated rings. The zero-order chi connectivity index (χ0) is 34.7. The van der Waals surface area contributed by atoms with Gasteiger partial charge in [-0.1, -0.05) is 78.9 Å². The molecular formula is C41H30N10. The summed E-state index contributed by atoms with van der Waals surface area (Å²) in [4.78, 5) is 47.1. The molecule has 0 spiro atoms. The Morgan fingerprint density at radius 1 is 0.275 bits per heavy atom. The van der Waals surface area contributed by atoms with Gasteiger partial charge in [-0.2, -0.15) is 0 Å². The Morgan fingerprint density at radius 3 is 1.14 bits per heavy atom. The second-order valence-electron chi connectivity index (χ2n) is 11.9. The van der Waals surface area contributed by atoms with E-state index in [2.05, 4.69) is 32.1 Å². The number of nitrogens with zero attached hydrogens (tertiary/aromatic N) is 10. The predicted octanol–water partition coefficient (Wildman–Crippen LogP) is 8.23.